The summed E-state index contributed by atoms with van der Waals surface area (Å²) >= 11 is 5.73. The van der Waals surface area contributed by atoms with E-state index < -0.39 is 22.8 Å². The first-order chi connectivity index (χ1) is 50.0. The van der Waals surface area contributed by atoms with Crippen LogP contribution < -0.4 is 38.3 Å². The summed E-state index contributed by atoms with van der Waals surface area (Å²) in [6, 6.07) is 45.6. The summed E-state index contributed by atoms with van der Waals surface area (Å²) in [5, 5.41) is 6.91. The van der Waals surface area contributed by atoms with Crippen molar-refractivity contribution in [2.45, 2.75) is 140 Å². The molecule has 1 aromatic heterocycles. The number of nitrogens with zero attached hydrogens (tertiary/aromatic N) is 9. The second-order valence-corrected chi connectivity index (χ2v) is 29.3. The van der Waals surface area contributed by atoms with Crippen LogP contribution in [0.25, 0.3) is 33.4 Å². The lowest BCUT2D eigenvalue weighted by molar-refractivity contribution is -0.131. The van der Waals surface area contributed by atoms with E-state index in [0.717, 1.165) is 107 Å². The highest BCUT2D eigenvalue weighted by atomic mass is 35.5. The number of ether oxygens (including phenoxy) is 1. The van der Waals surface area contributed by atoms with E-state index in [0.29, 0.717) is 54.1 Å². The van der Waals surface area contributed by atoms with Gasteiger partial charge in [-0.2, -0.15) is 0 Å². The Hall–Kier alpha value is -10.3. The van der Waals surface area contributed by atoms with Crippen molar-refractivity contribution in [3.63, 3.8) is 0 Å². The quantitative estimate of drug-likeness (QED) is 0.0387. The Labute approximate surface area is 619 Å². The lowest BCUT2D eigenvalue weighted by atomic mass is 9.74. The number of benzene rings is 6. The van der Waals surface area contributed by atoms with Crippen LogP contribution in [0.1, 0.15) is 149 Å². The molecule has 5 heterocycles. The lowest BCUT2D eigenvalue weighted by Crippen LogP contribution is -2.45. The number of guanidine groups is 4. The summed E-state index contributed by atoms with van der Waals surface area (Å²) in [4.78, 5) is 82.0. The zero-order valence-corrected chi connectivity index (χ0v) is 62.4. The molecule has 6 aliphatic rings. The number of Topliss-reactive ketones (excluding diaryl/α,β-unsaturated/α-hetero) is 1. The fourth-order valence-electron chi connectivity index (χ4n) is 14.8. The molecule has 7 aromatic rings. The highest BCUT2D eigenvalue weighted by molar-refractivity contribution is 6.30. The number of aliphatic imine (C=N–C) groups is 4. The fourth-order valence-corrected chi connectivity index (χ4v) is 15.0. The van der Waals surface area contributed by atoms with Gasteiger partial charge in [-0.3, -0.25) is 28.9 Å². The molecule has 0 radical (unpaired) electrons. The van der Waals surface area contributed by atoms with Crippen molar-refractivity contribution < 1.29 is 37.5 Å². The molecule has 0 saturated heterocycles. The first-order valence-corrected chi connectivity index (χ1v) is 36.1. The molecule has 13 rings (SSSR count). The number of nitrogens with two attached hydrogens (primary N) is 4. The molecule has 0 spiro atoms. The van der Waals surface area contributed by atoms with E-state index in [1.807, 2.05) is 116 Å². The smallest absolute Gasteiger partial charge is 0.257 e. The topological polar surface area (TPSA) is 290 Å². The predicted molar refractivity (Wildman–Crippen MR) is 412 cm³/mol. The van der Waals surface area contributed by atoms with Crippen molar-refractivity contribution in [2.24, 2.45) is 54.7 Å². The Morgan fingerprint density at radius 3 is 1.74 bits per heavy atom. The second-order valence-electron chi connectivity index (χ2n) is 29.0. The van der Waals surface area contributed by atoms with Crippen LogP contribution in [0.4, 0.5) is 14.5 Å². The Kier molecular flexibility index (Phi) is 24.5. The number of amides is 3. The SMILES string of the molecule is CC(=O)Nc1cccc(-c2cccc(C3(C)CN(C)C(N)=N3)c2)c1.CC(=O)c1cccc(-c2cccc(C3(C)CN(C)C(N)=N3)c2)c1.CN1C(=O)[C@@](CCC2CCCCC2)(C[C@H]2CCC[C@@H](NC(=O)c3ccnc(Cl)c3F)C2)N=C1N.COc1ccc(F)c(-c2cccc(C3(C)CON(C)C(N)=N3)c2)c1. The molecule has 554 valence electrons. The van der Waals surface area contributed by atoms with Gasteiger partial charge in [0, 0.05) is 77.3 Å². The van der Waals surface area contributed by atoms with Gasteiger partial charge in [-0.1, -0.05) is 141 Å². The number of pyridine rings is 1. The predicted octanol–water partition coefficient (Wildman–Crippen LogP) is 13.2. The monoisotopic (exact) mass is 1450 g/mol. The standard InChI is InChI=1S/C25H35ClFN5O2.C19H22N4O.C19H21N3O.C18H20FN3O2/c1-32-23(34)25(31-24(32)28,12-10-16-6-3-2-4-7-16)15-17-8-5-9-18(14-17)30-22(33)19-11-13-29-21(26)20(19)27;1-13(24)21-17-9-5-7-15(11-17)14-6-4-8-16(10-14)19(2)12-23(3)18(20)22-19;1-13(23)14-6-4-7-15(10-14)16-8-5-9-17(11-16)19(2)12-22(3)18(20)21-19;1-18(11-24-22(2)17(20)21-18)13-6-4-5-12(9-13)15-10-14(23-3)7-8-16(15)19/h11,13,16-18H,2-10,12,14-15H2,1H3,(H2,28,31)(H,30,33);4-11H,12H2,1-3H3,(H2,20,22)(H,21,24);4-11H,12H2,1-3H3,(H2,20,21);4-10H,11H2,1-3H3,(H2,20,21)/t17-,18+,25+;;;/m0.../s1. The Bertz CT molecular complexity index is 4470. The summed E-state index contributed by atoms with van der Waals surface area (Å²) in [6.07, 6.45) is 13.4. The highest BCUT2D eigenvalue weighted by Gasteiger charge is 2.48. The molecule has 3 unspecified atom stereocenters. The number of aromatic nitrogens is 1. The number of carbonyl (C=O) groups excluding carboxylic acids is 4. The van der Waals surface area contributed by atoms with Crippen LogP contribution in [0.3, 0.4) is 0 Å². The maximum Gasteiger partial charge on any atom is 0.257 e. The average molecular weight is 1450 g/mol. The molecule has 6 atom stereocenters. The molecular weight excluding hydrogens is 1350 g/mol. The number of anilines is 1. The zero-order chi connectivity index (χ0) is 75.5. The third-order valence-electron chi connectivity index (χ3n) is 20.8. The number of hydroxylamine groups is 2. The first-order valence-electron chi connectivity index (χ1n) is 35.7. The van der Waals surface area contributed by atoms with Crippen LogP contribution in [-0.4, -0.2) is 139 Å². The highest BCUT2D eigenvalue weighted by Crippen LogP contribution is 2.42. The van der Waals surface area contributed by atoms with Crippen molar-refractivity contribution in [2.75, 3.05) is 60.3 Å². The van der Waals surface area contributed by atoms with Gasteiger partial charge < -0.3 is 48.1 Å². The van der Waals surface area contributed by atoms with Gasteiger partial charge in [0.15, 0.2) is 34.6 Å². The molecule has 0 bridgehead atoms. The second kappa shape index (κ2) is 33.2. The number of nitrogens with one attached hydrogen (secondary N) is 2. The van der Waals surface area contributed by atoms with Gasteiger partial charge in [-0.15, -0.1) is 0 Å². The van der Waals surface area contributed by atoms with Gasteiger partial charge in [0.2, 0.25) is 11.9 Å². The summed E-state index contributed by atoms with van der Waals surface area (Å²) in [5.41, 5.74) is 31.8. The number of rotatable bonds is 16. The van der Waals surface area contributed by atoms with Crippen LogP contribution in [0, 0.1) is 23.5 Å². The summed E-state index contributed by atoms with van der Waals surface area (Å²) in [6.45, 7) is 11.1. The van der Waals surface area contributed by atoms with Crippen LogP contribution in [0.2, 0.25) is 5.15 Å². The van der Waals surface area contributed by atoms with Gasteiger partial charge in [-0.25, -0.2) is 38.8 Å². The third kappa shape index (κ3) is 18.6. The number of carbonyl (C=O) groups is 4. The van der Waals surface area contributed by atoms with Crippen molar-refractivity contribution in [1.82, 2.24) is 30.1 Å². The minimum Gasteiger partial charge on any atom is -0.497 e. The lowest BCUT2D eigenvalue weighted by Gasteiger charge is -2.35. The molecule has 2 fully saturated rings. The molecule has 2 saturated carbocycles. The number of halogens is 3. The van der Waals surface area contributed by atoms with Crippen LogP contribution in [0.5, 0.6) is 5.75 Å². The molecule has 2 aliphatic carbocycles. The van der Waals surface area contributed by atoms with E-state index in [2.05, 4.69) is 80.8 Å². The molecule has 6 aromatic carbocycles. The summed E-state index contributed by atoms with van der Waals surface area (Å²) in [5.74, 6) is 1.60. The van der Waals surface area contributed by atoms with Gasteiger partial charge in [0.05, 0.1) is 12.7 Å². The van der Waals surface area contributed by atoms with E-state index in [1.54, 1.807) is 40.3 Å². The largest absolute Gasteiger partial charge is 0.497 e. The van der Waals surface area contributed by atoms with Crippen LogP contribution in [-0.2, 0) is 31.0 Å². The normalized spacial score (nSPS) is 22.9. The Balaban J connectivity index is 0.000000152. The van der Waals surface area contributed by atoms with E-state index in [9.17, 15) is 28.0 Å². The van der Waals surface area contributed by atoms with E-state index >= 15 is 0 Å². The molecule has 21 nitrogen and oxygen atoms in total. The van der Waals surface area contributed by atoms with Gasteiger partial charge in [0.1, 0.15) is 40.3 Å². The Morgan fingerprint density at radius 2 is 1.18 bits per heavy atom. The minimum atomic E-state index is -0.808. The van der Waals surface area contributed by atoms with Crippen LogP contribution >= 0.6 is 11.6 Å². The molecule has 105 heavy (non-hydrogen) atoms. The average Bonchev–Trinajstić information content (AvgIpc) is 1.69. The van der Waals surface area contributed by atoms with Crippen molar-refractivity contribution in [1.29, 1.82) is 0 Å². The van der Waals surface area contributed by atoms with Gasteiger partial charge in [0.25, 0.3) is 11.8 Å². The first kappa shape index (κ1) is 77.4. The maximum atomic E-state index is 14.2. The van der Waals surface area contributed by atoms with E-state index in [4.69, 9.17) is 49.1 Å². The van der Waals surface area contributed by atoms with Gasteiger partial charge >= 0.3 is 0 Å². The molecule has 4 aliphatic heterocycles. The van der Waals surface area contributed by atoms with Crippen LogP contribution in [0.15, 0.2) is 172 Å². The molecular formula is C81H98ClF2N15O6. The number of methoxy groups -OCH3 is 1. The molecule has 3 amide bonds. The van der Waals surface area contributed by atoms with E-state index in [-0.39, 0.29) is 57.2 Å². The third-order valence-corrected chi connectivity index (χ3v) is 21.0. The zero-order valence-electron chi connectivity index (χ0n) is 61.7. The Morgan fingerprint density at radius 1 is 0.629 bits per heavy atom. The summed E-state index contributed by atoms with van der Waals surface area (Å²) < 4.78 is 33.7. The summed E-state index contributed by atoms with van der Waals surface area (Å²) in [7, 11) is 8.86. The molecule has 10 N–H and O–H groups in total. The van der Waals surface area contributed by atoms with E-state index in [1.165, 1.54) is 67.3 Å². The van der Waals surface area contributed by atoms with Crippen molar-refractivity contribution >= 4 is 64.6 Å². The fraction of sp³-hybridized carbons (Fsp3) is 0.395. The van der Waals surface area contributed by atoms with Gasteiger partial charge in [-0.05, 0) is 177 Å². The number of hydrogen-bond donors (Lipinski definition) is 6. The van der Waals surface area contributed by atoms with Crippen molar-refractivity contribution in [3.8, 4) is 39.1 Å². The number of likely N-dealkylation sites (N-methyl/N-ethyl adjacent to an activating group) is 3. The molecule has 24 heteroatoms. The number of ketones is 1. The maximum absolute atomic E-state index is 14.2. The minimum absolute atomic E-state index is 0.0135. The van der Waals surface area contributed by atoms with Crippen molar-refractivity contribution in [3.05, 3.63) is 196 Å². The number of hydrogen-bond acceptors (Lipinski definition) is 18.